The molecule has 0 radical (unpaired) electrons. The van der Waals surface area contributed by atoms with Gasteiger partial charge in [0.15, 0.2) is 0 Å². The molecule has 86 valence electrons. The Morgan fingerprint density at radius 3 is 2.69 bits per heavy atom. The number of benzene rings is 1. The summed E-state index contributed by atoms with van der Waals surface area (Å²) in [5.74, 6) is 0.0902. The Bertz CT molecular complexity index is 365. The van der Waals surface area contributed by atoms with E-state index in [1.807, 2.05) is 30.3 Å². The summed E-state index contributed by atoms with van der Waals surface area (Å²) in [6, 6.07) is 9.98. The zero-order valence-corrected chi connectivity index (χ0v) is 10.1. The maximum Gasteiger partial charge on any atom is 0.309 e. The predicted molar refractivity (Wildman–Crippen MR) is 63.7 cm³/mol. The van der Waals surface area contributed by atoms with E-state index in [9.17, 15) is 4.79 Å². The van der Waals surface area contributed by atoms with Gasteiger partial charge in [0.05, 0.1) is 5.92 Å². The predicted octanol–water partition coefficient (Wildman–Crippen LogP) is 3.14. The number of esters is 1. The molecule has 0 spiro atoms. The lowest BCUT2D eigenvalue weighted by Crippen LogP contribution is -2.12. The first-order valence-corrected chi connectivity index (χ1v) is 6.05. The third-order valence-electron chi connectivity index (χ3n) is 2.67. The molecule has 16 heavy (non-hydrogen) atoms. The minimum absolute atomic E-state index is 0.0190. The van der Waals surface area contributed by atoms with Gasteiger partial charge in [-0.05, 0) is 17.9 Å². The molecule has 0 N–H and O–H groups in total. The lowest BCUT2D eigenvalue weighted by molar-refractivity contribution is -0.144. The van der Waals surface area contributed by atoms with Gasteiger partial charge in [0, 0.05) is 0 Å². The van der Waals surface area contributed by atoms with Gasteiger partial charge in [-0.2, -0.15) is 0 Å². The molecule has 4 heteroatoms. The van der Waals surface area contributed by atoms with Gasteiger partial charge in [-0.25, -0.2) is 0 Å². The summed E-state index contributed by atoms with van der Waals surface area (Å²) in [7, 11) is 0. The number of rotatable bonds is 4. The van der Waals surface area contributed by atoms with Crippen LogP contribution in [0.5, 0.6) is 0 Å². The van der Waals surface area contributed by atoms with Crippen LogP contribution in [0.2, 0.25) is 0 Å². The van der Waals surface area contributed by atoms with E-state index in [4.69, 9.17) is 27.9 Å². The van der Waals surface area contributed by atoms with Crippen LogP contribution >= 0.6 is 23.2 Å². The van der Waals surface area contributed by atoms with E-state index in [2.05, 4.69) is 0 Å². The van der Waals surface area contributed by atoms with Gasteiger partial charge in [-0.3, -0.25) is 4.79 Å². The van der Waals surface area contributed by atoms with E-state index in [-0.39, 0.29) is 18.5 Å². The molecule has 1 fully saturated rings. The fourth-order valence-corrected chi connectivity index (χ4v) is 1.90. The number of halogens is 2. The molecule has 0 aromatic heterocycles. The summed E-state index contributed by atoms with van der Waals surface area (Å²) in [4.78, 5) is 10.9. The van der Waals surface area contributed by atoms with Crippen LogP contribution in [-0.2, 0) is 9.53 Å². The van der Waals surface area contributed by atoms with Gasteiger partial charge in [0.2, 0.25) is 0 Å². The van der Waals surface area contributed by atoms with Crippen molar-refractivity contribution in [2.75, 3.05) is 6.61 Å². The van der Waals surface area contributed by atoms with E-state index in [0.29, 0.717) is 5.92 Å². The van der Waals surface area contributed by atoms with Crippen molar-refractivity contribution in [3.05, 3.63) is 35.9 Å². The summed E-state index contributed by atoms with van der Waals surface area (Å²) in [5, 5.41) is 0. The van der Waals surface area contributed by atoms with E-state index in [1.165, 1.54) is 5.56 Å². The Kier molecular flexibility index (Phi) is 3.72. The highest BCUT2D eigenvalue weighted by Crippen LogP contribution is 2.48. The second kappa shape index (κ2) is 5.07. The van der Waals surface area contributed by atoms with Crippen LogP contribution in [0, 0.1) is 5.92 Å². The molecule has 1 aromatic rings. The molecule has 1 aliphatic rings. The van der Waals surface area contributed by atoms with Crippen LogP contribution in [0.15, 0.2) is 30.3 Å². The topological polar surface area (TPSA) is 26.3 Å². The quantitative estimate of drug-likeness (QED) is 0.613. The van der Waals surface area contributed by atoms with Crippen molar-refractivity contribution < 1.29 is 9.53 Å². The molecule has 2 unspecified atom stereocenters. The summed E-state index contributed by atoms with van der Waals surface area (Å²) in [6.07, 6.45) is 0.859. The molecule has 2 atom stereocenters. The molecular formula is C12H12Cl2O2. The molecule has 0 heterocycles. The van der Waals surface area contributed by atoms with E-state index >= 15 is 0 Å². The number of carbonyl (C=O) groups excluding carboxylic acids is 1. The number of carbonyl (C=O) groups is 1. The Labute approximate surface area is 104 Å². The first kappa shape index (κ1) is 11.7. The van der Waals surface area contributed by atoms with Crippen LogP contribution in [0.4, 0.5) is 0 Å². The highest BCUT2D eigenvalue weighted by molar-refractivity contribution is 6.44. The van der Waals surface area contributed by atoms with Gasteiger partial charge in [0.1, 0.15) is 11.4 Å². The number of ether oxygens (including phenoxy) is 1. The van der Waals surface area contributed by atoms with Crippen molar-refractivity contribution >= 4 is 29.2 Å². The SMILES string of the molecule is O=C(OCC(Cl)Cl)C1CC1c1ccccc1. The van der Waals surface area contributed by atoms with E-state index < -0.39 is 4.84 Å². The van der Waals surface area contributed by atoms with Crippen LogP contribution < -0.4 is 0 Å². The largest absolute Gasteiger partial charge is 0.463 e. The Morgan fingerprint density at radius 2 is 2.06 bits per heavy atom. The maximum atomic E-state index is 11.6. The zero-order chi connectivity index (χ0) is 11.5. The number of alkyl halides is 2. The highest BCUT2D eigenvalue weighted by atomic mass is 35.5. The van der Waals surface area contributed by atoms with Crippen molar-refractivity contribution in [3.8, 4) is 0 Å². The van der Waals surface area contributed by atoms with Gasteiger partial charge in [-0.1, -0.05) is 30.3 Å². The summed E-state index contributed by atoms with van der Waals surface area (Å²) in [6.45, 7) is 0.0694. The average Bonchev–Trinajstić information content (AvgIpc) is 3.07. The van der Waals surface area contributed by atoms with Crippen molar-refractivity contribution in [3.63, 3.8) is 0 Å². The minimum atomic E-state index is -0.641. The fraction of sp³-hybridized carbons (Fsp3) is 0.417. The van der Waals surface area contributed by atoms with E-state index in [1.54, 1.807) is 0 Å². The molecule has 2 nitrogen and oxygen atoms in total. The molecule has 1 saturated carbocycles. The van der Waals surface area contributed by atoms with Gasteiger partial charge in [-0.15, -0.1) is 23.2 Å². The summed E-state index contributed by atoms with van der Waals surface area (Å²) < 4.78 is 4.98. The monoisotopic (exact) mass is 258 g/mol. The molecule has 0 amide bonds. The second-order valence-electron chi connectivity index (χ2n) is 3.88. The van der Waals surface area contributed by atoms with Crippen LogP contribution in [0.3, 0.4) is 0 Å². The fourth-order valence-electron chi connectivity index (χ4n) is 1.78. The van der Waals surface area contributed by atoms with Gasteiger partial charge < -0.3 is 4.74 Å². The van der Waals surface area contributed by atoms with Crippen LogP contribution in [0.1, 0.15) is 17.9 Å². The van der Waals surface area contributed by atoms with Gasteiger partial charge in [0.25, 0.3) is 0 Å². The Balaban J connectivity index is 1.85. The van der Waals surface area contributed by atoms with Crippen molar-refractivity contribution in [2.45, 2.75) is 17.2 Å². The first-order chi connectivity index (χ1) is 7.68. The standard InChI is InChI=1S/C12H12Cl2O2/c13-11(14)7-16-12(15)10-6-9(10)8-4-2-1-3-5-8/h1-5,9-11H,6-7H2. The van der Waals surface area contributed by atoms with Gasteiger partial charge >= 0.3 is 5.97 Å². The van der Waals surface area contributed by atoms with Crippen molar-refractivity contribution in [1.82, 2.24) is 0 Å². The third kappa shape index (κ3) is 2.89. The summed E-state index contributed by atoms with van der Waals surface area (Å²) in [5.41, 5.74) is 1.19. The maximum absolute atomic E-state index is 11.6. The molecule has 1 aromatic carbocycles. The van der Waals surface area contributed by atoms with Crippen molar-refractivity contribution in [2.24, 2.45) is 5.92 Å². The summed E-state index contributed by atoms with van der Waals surface area (Å²) >= 11 is 11.0. The smallest absolute Gasteiger partial charge is 0.309 e. The zero-order valence-electron chi connectivity index (χ0n) is 8.61. The second-order valence-corrected chi connectivity index (χ2v) is 5.16. The molecule has 1 aliphatic carbocycles. The molecule has 0 saturated heterocycles. The van der Waals surface area contributed by atoms with E-state index in [0.717, 1.165) is 6.42 Å². The normalized spacial score (nSPS) is 23.2. The lowest BCUT2D eigenvalue weighted by atomic mass is 10.1. The minimum Gasteiger partial charge on any atom is -0.463 e. The Hall–Kier alpha value is -0.730. The molecular weight excluding hydrogens is 247 g/mol. The third-order valence-corrected chi connectivity index (χ3v) is 2.92. The first-order valence-electron chi connectivity index (χ1n) is 5.18. The highest BCUT2D eigenvalue weighted by Gasteiger charge is 2.45. The van der Waals surface area contributed by atoms with Crippen LogP contribution in [-0.4, -0.2) is 17.4 Å². The number of hydrogen-bond donors (Lipinski definition) is 0. The molecule has 0 bridgehead atoms. The average molecular weight is 259 g/mol. The molecule has 2 rings (SSSR count). The lowest BCUT2D eigenvalue weighted by Gasteiger charge is -2.04. The number of hydrogen-bond acceptors (Lipinski definition) is 2. The van der Waals surface area contributed by atoms with Crippen molar-refractivity contribution in [1.29, 1.82) is 0 Å². The van der Waals surface area contributed by atoms with Crippen LogP contribution in [0.25, 0.3) is 0 Å². The Morgan fingerprint density at radius 1 is 1.38 bits per heavy atom. The molecule has 0 aliphatic heterocycles.